The molecule has 1 atom stereocenters. The van der Waals surface area contributed by atoms with Crippen LogP contribution in [0.25, 0.3) is 0 Å². The quantitative estimate of drug-likeness (QED) is 0.928. The van der Waals surface area contributed by atoms with Crippen LogP contribution in [0.2, 0.25) is 0 Å². The Morgan fingerprint density at radius 3 is 2.30 bits per heavy atom. The summed E-state index contributed by atoms with van der Waals surface area (Å²) in [6.07, 6.45) is 1.54. The predicted molar refractivity (Wildman–Crippen MR) is 93.9 cm³/mol. The molecule has 1 amide bonds. The fourth-order valence-corrected chi connectivity index (χ4v) is 2.76. The van der Waals surface area contributed by atoms with Crippen molar-refractivity contribution >= 4 is 5.91 Å². The number of ether oxygens (including phenoxy) is 1. The minimum atomic E-state index is -0.477. The van der Waals surface area contributed by atoms with Crippen molar-refractivity contribution in [3.05, 3.63) is 29.8 Å². The van der Waals surface area contributed by atoms with Gasteiger partial charge in [0, 0.05) is 6.04 Å². The zero-order valence-corrected chi connectivity index (χ0v) is 15.1. The zero-order valence-electron chi connectivity index (χ0n) is 15.1. The molecule has 1 heterocycles. The summed E-state index contributed by atoms with van der Waals surface area (Å²) >= 11 is 0. The van der Waals surface area contributed by atoms with Crippen molar-refractivity contribution < 1.29 is 9.53 Å². The zero-order chi connectivity index (χ0) is 17.0. The van der Waals surface area contributed by atoms with Gasteiger partial charge >= 0.3 is 0 Å². The summed E-state index contributed by atoms with van der Waals surface area (Å²) in [6, 6.07) is 8.29. The standard InChI is InChI=1S/C19H30N2O2/c1-14(18(22)20-16-10-12-21(5)13-11-16)23-17-8-6-15(7-9-17)19(2,3)4/h6-9,14,16H,10-13H2,1-5H3,(H,20,22)/t14-/m1/s1. The number of amides is 1. The van der Waals surface area contributed by atoms with Crippen molar-refractivity contribution in [2.45, 2.75) is 58.1 Å². The molecule has 1 aromatic carbocycles. The highest BCUT2D eigenvalue weighted by Gasteiger charge is 2.22. The van der Waals surface area contributed by atoms with Gasteiger partial charge in [0.1, 0.15) is 5.75 Å². The maximum Gasteiger partial charge on any atom is 0.260 e. The van der Waals surface area contributed by atoms with Gasteiger partial charge < -0.3 is 15.0 Å². The number of piperidine rings is 1. The predicted octanol–water partition coefficient (Wildman–Crippen LogP) is 2.96. The normalized spacial score (nSPS) is 18.5. The molecular weight excluding hydrogens is 288 g/mol. The van der Waals surface area contributed by atoms with Gasteiger partial charge in [0.25, 0.3) is 5.91 Å². The Labute approximate surface area is 140 Å². The van der Waals surface area contributed by atoms with E-state index in [1.54, 1.807) is 0 Å². The number of hydrogen-bond donors (Lipinski definition) is 1. The van der Waals surface area contributed by atoms with Gasteiger partial charge in [-0.2, -0.15) is 0 Å². The Morgan fingerprint density at radius 1 is 1.22 bits per heavy atom. The van der Waals surface area contributed by atoms with E-state index in [-0.39, 0.29) is 17.4 Å². The van der Waals surface area contributed by atoms with E-state index >= 15 is 0 Å². The number of nitrogens with one attached hydrogen (secondary N) is 1. The molecule has 1 aliphatic rings. The highest BCUT2D eigenvalue weighted by molar-refractivity contribution is 5.81. The molecule has 128 valence electrons. The lowest BCUT2D eigenvalue weighted by Crippen LogP contribution is -2.47. The first kappa shape index (κ1) is 17.8. The monoisotopic (exact) mass is 318 g/mol. The summed E-state index contributed by atoms with van der Waals surface area (Å²) < 4.78 is 5.78. The van der Waals surface area contributed by atoms with Crippen LogP contribution in [0.1, 0.15) is 46.1 Å². The van der Waals surface area contributed by atoms with Gasteiger partial charge in [-0.05, 0) is 63.0 Å². The summed E-state index contributed by atoms with van der Waals surface area (Å²) in [7, 11) is 2.12. The maximum atomic E-state index is 12.3. The van der Waals surface area contributed by atoms with E-state index < -0.39 is 6.10 Å². The van der Waals surface area contributed by atoms with E-state index in [0.29, 0.717) is 0 Å². The average molecular weight is 318 g/mol. The van der Waals surface area contributed by atoms with Crippen LogP contribution in [0.5, 0.6) is 5.75 Å². The van der Waals surface area contributed by atoms with E-state index in [0.717, 1.165) is 31.7 Å². The van der Waals surface area contributed by atoms with Crippen LogP contribution in [0, 0.1) is 0 Å². The van der Waals surface area contributed by atoms with Crippen LogP contribution >= 0.6 is 0 Å². The smallest absolute Gasteiger partial charge is 0.260 e. The summed E-state index contributed by atoms with van der Waals surface area (Å²) in [6.45, 7) is 10.4. The summed E-state index contributed by atoms with van der Waals surface area (Å²) in [4.78, 5) is 14.6. The highest BCUT2D eigenvalue weighted by Crippen LogP contribution is 2.24. The third kappa shape index (κ3) is 5.24. The van der Waals surface area contributed by atoms with E-state index in [9.17, 15) is 4.79 Å². The molecule has 0 unspecified atom stereocenters. The van der Waals surface area contributed by atoms with Crippen molar-refractivity contribution in [2.24, 2.45) is 0 Å². The van der Waals surface area contributed by atoms with Gasteiger partial charge in [-0.1, -0.05) is 32.9 Å². The Balaban J connectivity index is 1.86. The molecule has 0 spiro atoms. The summed E-state index contributed by atoms with van der Waals surface area (Å²) in [5.41, 5.74) is 1.38. The van der Waals surface area contributed by atoms with Crippen LogP contribution in [0.3, 0.4) is 0 Å². The first-order chi connectivity index (χ1) is 10.8. The van der Waals surface area contributed by atoms with Crippen LogP contribution in [0.15, 0.2) is 24.3 Å². The second-order valence-electron chi connectivity index (χ2n) is 7.62. The Hall–Kier alpha value is -1.55. The van der Waals surface area contributed by atoms with Crippen molar-refractivity contribution in [2.75, 3.05) is 20.1 Å². The molecule has 0 saturated carbocycles. The van der Waals surface area contributed by atoms with Crippen LogP contribution in [-0.2, 0) is 10.2 Å². The van der Waals surface area contributed by atoms with Crippen LogP contribution < -0.4 is 10.1 Å². The fraction of sp³-hybridized carbons (Fsp3) is 0.632. The molecule has 0 bridgehead atoms. The number of likely N-dealkylation sites (tertiary alicyclic amines) is 1. The number of rotatable bonds is 4. The van der Waals surface area contributed by atoms with Crippen molar-refractivity contribution in [1.82, 2.24) is 10.2 Å². The third-order valence-corrected chi connectivity index (χ3v) is 4.47. The number of nitrogens with zero attached hydrogens (tertiary/aromatic N) is 1. The molecule has 1 aromatic rings. The molecule has 0 aromatic heterocycles. The van der Waals surface area contributed by atoms with Gasteiger partial charge in [0.05, 0.1) is 0 Å². The van der Waals surface area contributed by atoms with Crippen molar-refractivity contribution in [3.63, 3.8) is 0 Å². The summed E-state index contributed by atoms with van der Waals surface area (Å²) in [5, 5.41) is 3.10. The molecule has 4 heteroatoms. The molecule has 23 heavy (non-hydrogen) atoms. The molecule has 1 saturated heterocycles. The average Bonchev–Trinajstić information content (AvgIpc) is 2.49. The lowest BCUT2D eigenvalue weighted by atomic mass is 9.87. The van der Waals surface area contributed by atoms with E-state index in [4.69, 9.17) is 4.74 Å². The maximum absolute atomic E-state index is 12.3. The Morgan fingerprint density at radius 2 is 1.78 bits per heavy atom. The molecule has 1 fully saturated rings. The number of carbonyl (C=O) groups excluding carboxylic acids is 1. The second kappa shape index (κ2) is 7.35. The number of hydrogen-bond acceptors (Lipinski definition) is 3. The Kier molecular flexibility index (Phi) is 5.69. The van der Waals surface area contributed by atoms with E-state index in [1.165, 1.54) is 5.56 Å². The molecule has 0 radical (unpaired) electrons. The minimum Gasteiger partial charge on any atom is -0.481 e. The first-order valence-corrected chi connectivity index (χ1v) is 8.52. The van der Waals surface area contributed by atoms with Crippen molar-refractivity contribution in [3.8, 4) is 5.75 Å². The topological polar surface area (TPSA) is 41.6 Å². The molecule has 1 N–H and O–H groups in total. The van der Waals surface area contributed by atoms with Crippen LogP contribution in [0.4, 0.5) is 0 Å². The molecule has 4 nitrogen and oxygen atoms in total. The number of benzene rings is 1. The lowest BCUT2D eigenvalue weighted by molar-refractivity contribution is -0.128. The molecular formula is C19H30N2O2. The minimum absolute atomic E-state index is 0.0283. The summed E-state index contributed by atoms with van der Waals surface area (Å²) in [5.74, 6) is 0.712. The van der Waals surface area contributed by atoms with Gasteiger partial charge in [-0.3, -0.25) is 4.79 Å². The Bertz CT molecular complexity index is 511. The largest absolute Gasteiger partial charge is 0.481 e. The fourth-order valence-electron chi connectivity index (χ4n) is 2.76. The highest BCUT2D eigenvalue weighted by atomic mass is 16.5. The molecule has 2 rings (SSSR count). The first-order valence-electron chi connectivity index (χ1n) is 8.52. The SMILES string of the molecule is C[C@@H](Oc1ccc(C(C)(C)C)cc1)C(=O)NC1CCN(C)CC1. The van der Waals surface area contributed by atoms with E-state index in [2.05, 4.69) is 50.2 Å². The van der Waals surface area contributed by atoms with Crippen molar-refractivity contribution in [1.29, 1.82) is 0 Å². The van der Waals surface area contributed by atoms with Crippen LogP contribution in [-0.4, -0.2) is 43.1 Å². The van der Waals surface area contributed by atoms with Gasteiger partial charge in [-0.15, -0.1) is 0 Å². The molecule has 1 aliphatic heterocycles. The second-order valence-corrected chi connectivity index (χ2v) is 7.62. The van der Waals surface area contributed by atoms with Gasteiger partial charge in [-0.25, -0.2) is 0 Å². The number of carbonyl (C=O) groups is 1. The van der Waals surface area contributed by atoms with Gasteiger partial charge in [0.15, 0.2) is 6.10 Å². The third-order valence-electron chi connectivity index (χ3n) is 4.47. The lowest BCUT2D eigenvalue weighted by Gasteiger charge is -2.30. The van der Waals surface area contributed by atoms with E-state index in [1.807, 2.05) is 19.1 Å². The molecule has 0 aliphatic carbocycles. The van der Waals surface area contributed by atoms with Gasteiger partial charge in [0.2, 0.25) is 0 Å².